The Labute approximate surface area is 184 Å². The first-order valence-corrected chi connectivity index (χ1v) is 11.3. The van der Waals surface area contributed by atoms with E-state index in [0.717, 1.165) is 22.6 Å². The van der Waals surface area contributed by atoms with Crippen LogP contribution in [0.1, 0.15) is 28.4 Å². The molecule has 0 spiro atoms. The molecular formula is C24H22FN3O2S. The van der Waals surface area contributed by atoms with Crippen molar-refractivity contribution in [1.82, 2.24) is 14.8 Å². The van der Waals surface area contributed by atoms with Crippen molar-refractivity contribution in [3.8, 4) is 10.6 Å². The zero-order chi connectivity index (χ0) is 21.4. The summed E-state index contributed by atoms with van der Waals surface area (Å²) in [6.07, 6.45) is 0.810. The maximum Gasteiger partial charge on any atom is 0.273 e. The number of halogens is 1. The fraction of sp³-hybridized carbons (Fsp3) is 0.292. The highest BCUT2D eigenvalue weighted by molar-refractivity contribution is 7.13. The van der Waals surface area contributed by atoms with E-state index in [4.69, 9.17) is 0 Å². The van der Waals surface area contributed by atoms with Crippen molar-refractivity contribution in [3.05, 3.63) is 77.1 Å². The summed E-state index contributed by atoms with van der Waals surface area (Å²) in [5.41, 5.74) is 2.48. The van der Waals surface area contributed by atoms with Crippen LogP contribution >= 0.6 is 11.3 Å². The molecule has 3 aromatic rings. The molecule has 1 saturated heterocycles. The van der Waals surface area contributed by atoms with Crippen molar-refractivity contribution in [3.63, 3.8) is 0 Å². The molecule has 2 unspecified atom stereocenters. The smallest absolute Gasteiger partial charge is 0.273 e. The summed E-state index contributed by atoms with van der Waals surface area (Å²) in [5.74, 6) is -0.0505. The molecule has 7 heteroatoms. The van der Waals surface area contributed by atoms with E-state index in [2.05, 4.69) is 4.98 Å². The van der Waals surface area contributed by atoms with Gasteiger partial charge in [0.1, 0.15) is 16.5 Å². The molecule has 31 heavy (non-hydrogen) atoms. The van der Waals surface area contributed by atoms with Gasteiger partial charge in [-0.3, -0.25) is 9.59 Å². The fourth-order valence-corrected chi connectivity index (χ4v) is 4.96. The lowest BCUT2D eigenvalue weighted by molar-refractivity contribution is -0.134. The topological polar surface area (TPSA) is 53.5 Å². The van der Waals surface area contributed by atoms with Gasteiger partial charge in [-0.1, -0.05) is 42.5 Å². The monoisotopic (exact) mass is 435 g/mol. The standard InChI is InChI=1S/C24H22FN3O2S/c25-18-8-6-16(7-9-18)19-14-20(19)23(29)27-10-12-28(13-11-27)24(30)21-15-31-22(26-21)17-4-2-1-3-5-17/h1-9,15,19-20H,10-14H2. The number of thiazole rings is 1. The third-order valence-electron chi connectivity index (χ3n) is 6.03. The van der Waals surface area contributed by atoms with Crippen molar-refractivity contribution < 1.29 is 14.0 Å². The number of amides is 2. The Kier molecular flexibility index (Phi) is 5.28. The highest BCUT2D eigenvalue weighted by Gasteiger charge is 2.46. The summed E-state index contributed by atoms with van der Waals surface area (Å²) in [4.78, 5) is 33.9. The first-order valence-electron chi connectivity index (χ1n) is 10.4. The molecule has 0 radical (unpaired) electrons. The average molecular weight is 436 g/mol. The Morgan fingerprint density at radius 1 is 0.935 bits per heavy atom. The van der Waals surface area contributed by atoms with Gasteiger partial charge in [-0.25, -0.2) is 9.37 Å². The van der Waals surface area contributed by atoms with Crippen LogP contribution in [0.3, 0.4) is 0 Å². The highest BCUT2D eigenvalue weighted by atomic mass is 32.1. The minimum atomic E-state index is -0.260. The van der Waals surface area contributed by atoms with E-state index in [9.17, 15) is 14.0 Å². The molecule has 1 aliphatic heterocycles. The van der Waals surface area contributed by atoms with E-state index in [1.54, 1.807) is 22.4 Å². The Hall–Kier alpha value is -3.06. The molecule has 2 fully saturated rings. The van der Waals surface area contributed by atoms with Gasteiger partial charge in [0, 0.05) is 43.0 Å². The molecule has 1 aliphatic carbocycles. The van der Waals surface area contributed by atoms with Crippen LogP contribution < -0.4 is 0 Å². The Bertz CT molecular complexity index is 1090. The molecule has 2 heterocycles. The van der Waals surface area contributed by atoms with Crippen LogP contribution in [0.5, 0.6) is 0 Å². The van der Waals surface area contributed by atoms with Crippen LogP contribution in [-0.4, -0.2) is 52.8 Å². The lowest BCUT2D eigenvalue weighted by Gasteiger charge is -2.34. The van der Waals surface area contributed by atoms with Gasteiger partial charge in [-0.15, -0.1) is 11.3 Å². The van der Waals surface area contributed by atoms with Gasteiger partial charge in [-0.2, -0.15) is 0 Å². The van der Waals surface area contributed by atoms with Gasteiger partial charge < -0.3 is 9.80 Å². The van der Waals surface area contributed by atoms with Gasteiger partial charge in [0.05, 0.1) is 0 Å². The zero-order valence-corrected chi connectivity index (χ0v) is 17.7. The van der Waals surface area contributed by atoms with E-state index in [1.165, 1.54) is 23.5 Å². The molecule has 1 aromatic heterocycles. The minimum absolute atomic E-state index is 0.0281. The summed E-state index contributed by atoms with van der Waals surface area (Å²) in [5, 5.41) is 2.64. The van der Waals surface area contributed by atoms with Crippen LogP contribution in [0.2, 0.25) is 0 Å². The zero-order valence-electron chi connectivity index (χ0n) is 16.9. The van der Waals surface area contributed by atoms with Gasteiger partial charge in [0.25, 0.3) is 5.91 Å². The molecule has 2 aliphatic rings. The van der Waals surface area contributed by atoms with Gasteiger partial charge in [0.2, 0.25) is 5.91 Å². The lowest BCUT2D eigenvalue weighted by Crippen LogP contribution is -2.51. The molecule has 2 amide bonds. The van der Waals surface area contributed by atoms with Crippen LogP contribution in [0.15, 0.2) is 60.0 Å². The first-order chi connectivity index (χ1) is 15.1. The Balaban J connectivity index is 1.16. The minimum Gasteiger partial charge on any atom is -0.339 e. The fourth-order valence-electron chi connectivity index (χ4n) is 4.16. The number of piperazine rings is 1. The number of nitrogens with zero attached hydrogens (tertiary/aromatic N) is 3. The van der Waals surface area contributed by atoms with Gasteiger partial charge in [0.15, 0.2) is 0 Å². The maximum absolute atomic E-state index is 13.1. The molecule has 2 aromatic carbocycles. The van der Waals surface area contributed by atoms with Gasteiger partial charge in [-0.05, 0) is 30.0 Å². The normalized spacial score (nSPS) is 20.5. The molecule has 0 N–H and O–H groups in total. The van der Waals surface area contributed by atoms with E-state index in [-0.39, 0.29) is 29.5 Å². The third kappa shape index (κ3) is 4.10. The van der Waals surface area contributed by atoms with E-state index in [1.807, 2.05) is 35.2 Å². The van der Waals surface area contributed by atoms with E-state index >= 15 is 0 Å². The summed E-state index contributed by atoms with van der Waals surface area (Å²) in [6, 6.07) is 16.2. The summed E-state index contributed by atoms with van der Waals surface area (Å²) >= 11 is 1.46. The molecule has 5 nitrogen and oxygen atoms in total. The second kappa shape index (κ2) is 8.23. The molecule has 2 atom stereocenters. The second-order valence-corrected chi connectivity index (χ2v) is 8.88. The summed E-state index contributed by atoms with van der Waals surface area (Å²) in [6.45, 7) is 2.09. The van der Waals surface area contributed by atoms with Crippen molar-refractivity contribution in [2.24, 2.45) is 5.92 Å². The molecule has 0 bridgehead atoms. The summed E-state index contributed by atoms with van der Waals surface area (Å²) in [7, 11) is 0. The van der Waals surface area contributed by atoms with E-state index in [0.29, 0.717) is 31.9 Å². The van der Waals surface area contributed by atoms with Gasteiger partial charge >= 0.3 is 0 Å². The molecular weight excluding hydrogens is 413 g/mol. The SMILES string of the molecule is O=C(c1csc(-c2ccccc2)n1)N1CCN(C(=O)C2CC2c2ccc(F)cc2)CC1. The number of hydrogen-bond acceptors (Lipinski definition) is 4. The van der Waals surface area contributed by atoms with Crippen molar-refractivity contribution in [2.45, 2.75) is 12.3 Å². The molecule has 5 rings (SSSR count). The van der Waals surface area contributed by atoms with Crippen molar-refractivity contribution >= 4 is 23.2 Å². The van der Waals surface area contributed by atoms with Crippen LogP contribution in [-0.2, 0) is 4.79 Å². The maximum atomic E-state index is 13.1. The average Bonchev–Trinajstić information content (AvgIpc) is 3.46. The first kappa shape index (κ1) is 19.9. The second-order valence-electron chi connectivity index (χ2n) is 8.02. The van der Waals surface area contributed by atoms with Crippen molar-refractivity contribution in [2.75, 3.05) is 26.2 Å². The quantitative estimate of drug-likeness (QED) is 0.622. The predicted octanol–water partition coefficient (Wildman–Crippen LogP) is 4.04. The third-order valence-corrected chi connectivity index (χ3v) is 6.92. The molecule has 1 saturated carbocycles. The predicted molar refractivity (Wildman–Crippen MR) is 117 cm³/mol. The number of hydrogen-bond donors (Lipinski definition) is 0. The van der Waals surface area contributed by atoms with Crippen LogP contribution in [0.25, 0.3) is 10.6 Å². The number of carbonyl (C=O) groups is 2. The van der Waals surface area contributed by atoms with Crippen LogP contribution in [0, 0.1) is 11.7 Å². The molecule has 158 valence electrons. The number of aromatic nitrogens is 1. The number of benzene rings is 2. The lowest BCUT2D eigenvalue weighted by atomic mass is 10.1. The van der Waals surface area contributed by atoms with Crippen molar-refractivity contribution in [1.29, 1.82) is 0 Å². The number of carbonyl (C=O) groups excluding carboxylic acids is 2. The van der Waals surface area contributed by atoms with Crippen LogP contribution in [0.4, 0.5) is 4.39 Å². The summed E-state index contributed by atoms with van der Waals surface area (Å²) < 4.78 is 13.1. The van der Waals surface area contributed by atoms with E-state index < -0.39 is 0 Å². The Morgan fingerprint density at radius 3 is 2.32 bits per heavy atom. The number of rotatable bonds is 4. The highest BCUT2D eigenvalue weighted by Crippen LogP contribution is 2.48. The largest absolute Gasteiger partial charge is 0.339 e. The Morgan fingerprint density at radius 2 is 1.61 bits per heavy atom.